The van der Waals surface area contributed by atoms with Gasteiger partial charge in [0.2, 0.25) is 0 Å². The van der Waals surface area contributed by atoms with Gasteiger partial charge >= 0.3 is 0 Å². The molecule has 0 atom stereocenters. The Hall–Kier alpha value is -6.39. The molecule has 7 aromatic carbocycles. The number of nitrogens with zero attached hydrogens (tertiary/aromatic N) is 4. The lowest BCUT2D eigenvalue weighted by Crippen LogP contribution is -2.16. The number of hydrogen-bond acceptors (Lipinski definition) is 3. The van der Waals surface area contributed by atoms with Crippen molar-refractivity contribution in [3.05, 3.63) is 169 Å². The Morgan fingerprint density at radius 1 is 0.460 bits per heavy atom. The van der Waals surface area contributed by atoms with Crippen LogP contribution in [0.4, 0.5) is 0 Å². The minimum Gasteiger partial charge on any atom is -0.309 e. The minimum absolute atomic E-state index is 0.167. The van der Waals surface area contributed by atoms with Crippen molar-refractivity contribution >= 4 is 32.6 Å². The summed E-state index contributed by atoms with van der Waals surface area (Å²) in [5.41, 5.74) is 11.6. The predicted octanol–water partition coefficient (Wildman–Crippen LogP) is 11.4. The van der Waals surface area contributed by atoms with E-state index >= 15 is 0 Å². The number of benzene rings is 7. The number of aromatic nitrogens is 4. The quantitative estimate of drug-likeness (QED) is 0.192. The van der Waals surface area contributed by atoms with Gasteiger partial charge in [-0.2, -0.15) is 0 Å². The standard InChI is InChI=1S/C46H32N4/c1-46(2)38-20-12-11-19-35(38)36-26-27-37-40-34-18-10-9-13-29(34)23-28-39(40)50(42(37)41(36)46)33-24-21-32(22-25-33)45-48-43(30-14-5-3-6-15-30)47-44(49-45)31-16-7-4-8-17-31/h3-28H,1-2H3. The fourth-order valence-electron chi connectivity index (χ4n) is 8.10. The van der Waals surface area contributed by atoms with E-state index in [9.17, 15) is 0 Å². The summed E-state index contributed by atoms with van der Waals surface area (Å²) in [7, 11) is 0. The first-order chi connectivity index (χ1) is 24.6. The number of rotatable bonds is 4. The van der Waals surface area contributed by atoms with Crippen molar-refractivity contribution in [1.29, 1.82) is 0 Å². The summed E-state index contributed by atoms with van der Waals surface area (Å²) in [6.07, 6.45) is 0. The van der Waals surface area contributed by atoms with Gasteiger partial charge in [0.25, 0.3) is 0 Å². The highest BCUT2D eigenvalue weighted by Gasteiger charge is 2.38. The van der Waals surface area contributed by atoms with Crippen LogP contribution in [0.1, 0.15) is 25.0 Å². The zero-order valence-electron chi connectivity index (χ0n) is 27.8. The molecule has 4 heteroatoms. The predicted molar refractivity (Wildman–Crippen MR) is 206 cm³/mol. The van der Waals surface area contributed by atoms with Gasteiger partial charge in [-0.1, -0.05) is 141 Å². The highest BCUT2D eigenvalue weighted by molar-refractivity contribution is 6.23. The zero-order chi connectivity index (χ0) is 33.4. The van der Waals surface area contributed by atoms with Crippen molar-refractivity contribution < 1.29 is 0 Å². The van der Waals surface area contributed by atoms with Crippen LogP contribution in [0.3, 0.4) is 0 Å². The monoisotopic (exact) mass is 640 g/mol. The molecule has 0 aliphatic heterocycles. The van der Waals surface area contributed by atoms with E-state index in [2.05, 4.69) is 115 Å². The first kappa shape index (κ1) is 28.6. The molecule has 0 bridgehead atoms. The smallest absolute Gasteiger partial charge is 0.164 e. The highest BCUT2D eigenvalue weighted by atomic mass is 15.0. The Bertz CT molecular complexity index is 2700. The van der Waals surface area contributed by atoms with Crippen molar-refractivity contribution in [2.75, 3.05) is 0 Å². The van der Waals surface area contributed by atoms with E-state index in [1.54, 1.807) is 0 Å². The molecule has 1 aliphatic carbocycles. The van der Waals surface area contributed by atoms with Gasteiger partial charge < -0.3 is 4.57 Å². The largest absolute Gasteiger partial charge is 0.309 e. The average Bonchev–Trinajstić information content (AvgIpc) is 3.64. The Kier molecular flexibility index (Phi) is 6.19. The molecule has 50 heavy (non-hydrogen) atoms. The Morgan fingerprint density at radius 2 is 1.04 bits per heavy atom. The summed E-state index contributed by atoms with van der Waals surface area (Å²) in [4.78, 5) is 14.9. The maximum atomic E-state index is 4.99. The van der Waals surface area contributed by atoms with Crippen LogP contribution in [0.5, 0.6) is 0 Å². The summed E-state index contributed by atoms with van der Waals surface area (Å²) in [5.74, 6) is 1.96. The molecule has 0 amide bonds. The fourth-order valence-corrected chi connectivity index (χ4v) is 8.10. The van der Waals surface area contributed by atoms with Crippen LogP contribution >= 0.6 is 0 Å². The first-order valence-electron chi connectivity index (χ1n) is 17.1. The zero-order valence-corrected chi connectivity index (χ0v) is 27.8. The molecule has 0 saturated carbocycles. The highest BCUT2D eigenvalue weighted by Crippen LogP contribution is 2.53. The van der Waals surface area contributed by atoms with Gasteiger partial charge in [0.05, 0.1) is 11.0 Å². The molecule has 0 unspecified atom stereocenters. The molecule has 0 saturated heterocycles. The molecule has 2 heterocycles. The van der Waals surface area contributed by atoms with Crippen LogP contribution in [0, 0.1) is 0 Å². The SMILES string of the molecule is CC1(C)c2ccccc2-c2ccc3c4c5ccccc5ccc4n(-c4ccc(-c5nc(-c6ccccc6)nc(-c6ccccc6)n5)cc4)c3c21. The van der Waals surface area contributed by atoms with Gasteiger partial charge in [-0.3, -0.25) is 0 Å². The van der Waals surface area contributed by atoms with E-state index < -0.39 is 0 Å². The van der Waals surface area contributed by atoms with Crippen LogP contribution < -0.4 is 0 Å². The summed E-state index contributed by atoms with van der Waals surface area (Å²) in [6, 6.07) is 55.8. The second kappa shape index (κ2) is 10.8. The van der Waals surface area contributed by atoms with E-state index in [4.69, 9.17) is 15.0 Å². The molecule has 0 spiro atoms. The summed E-state index contributed by atoms with van der Waals surface area (Å²) in [5, 5.41) is 5.08. The number of fused-ring (bicyclic) bond motifs is 9. The van der Waals surface area contributed by atoms with Gasteiger partial charge in [0, 0.05) is 38.6 Å². The molecule has 10 rings (SSSR count). The lowest BCUT2D eigenvalue weighted by atomic mass is 9.81. The average molecular weight is 641 g/mol. The van der Waals surface area contributed by atoms with Crippen LogP contribution in [-0.4, -0.2) is 19.5 Å². The van der Waals surface area contributed by atoms with E-state index in [1.165, 1.54) is 54.8 Å². The van der Waals surface area contributed by atoms with Crippen molar-refractivity contribution in [3.8, 4) is 51.0 Å². The first-order valence-corrected chi connectivity index (χ1v) is 17.1. The summed E-state index contributed by atoms with van der Waals surface area (Å²) < 4.78 is 2.48. The maximum absolute atomic E-state index is 4.99. The lowest BCUT2D eigenvalue weighted by Gasteiger charge is -2.23. The Morgan fingerprint density at radius 3 is 1.72 bits per heavy atom. The van der Waals surface area contributed by atoms with Crippen LogP contribution in [0.15, 0.2) is 158 Å². The van der Waals surface area contributed by atoms with Crippen molar-refractivity contribution in [2.24, 2.45) is 0 Å². The summed E-state index contributed by atoms with van der Waals surface area (Å²) in [6.45, 7) is 4.74. The van der Waals surface area contributed by atoms with Crippen LogP contribution in [0.2, 0.25) is 0 Å². The third-order valence-corrected chi connectivity index (χ3v) is 10.4. The molecule has 9 aromatic rings. The van der Waals surface area contributed by atoms with Crippen LogP contribution in [-0.2, 0) is 5.41 Å². The molecule has 0 radical (unpaired) electrons. The molecule has 2 aromatic heterocycles. The third kappa shape index (κ3) is 4.21. The van der Waals surface area contributed by atoms with E-state index in [0.717, 1.165) is 22.4 Å². The molecule has 1 aliphatic rings. The van der Waals surface area contributed by atoms with E-state index in [0.29, 0.717) is 17.5 Å². The molecule has 0 fully saturated rings. The van der Waals surface area contributed by atoms with Crippen molar-refractivity contribution in [2.45, 2.75) is 19.3 Å². The van der Waals surface area contributed by atoms with E-state index in [-0.39, 0.29) is 5.41 Å². The minimum atomic E-state index is -0.167. The molecular formula is C46H32N4. The summed E-state index contributed by atoms with van der Waals surface area (Å²) >= 11 is 0. The van der Waals surface area contributed by atoms with Crippen molar-refractivity contribution in [1.82, 2.24) is 19.5 Å². The molecule has 4 nitrogen and oxygen atoms in total. The van der Waals surface area contributed by atoms with Gasteiger partial charge in [-0.25, -0.2) is 15.0 Å². The van der Waals surface area contributed by atoms with Gasteiger partial charge in [-0.15, -0.1) is 0 Å². The fraction of sp³-hybridized carbons (Fsp3) is 0.0652. The molecule has 0 N–H and O–H groups in total. The normalized spacial score (nSPS) is 13.2. The van der Waals surface area contributed by atoms with Crippen LogP contribution in [0.25, 0.3) is 83.6 Å². The van der Waals surface area contributed by atoms with Gasteiger partial charge in [-0.05, 0) is 63.4 Å². The van der Waals surface area contributed by atoms with Gasteiger partial charge in [0.15, 0.2) is 17.5 Å². The molecule has 236 valence electrons. The molecular weight excluding hydrogens is 609 g/mol. The Balaban J connectivity index is 1.20. The van der Waals surface area contributed by atoms with Crippen molar-refractivity contribution in [3.63, 3.8) is 0 Å². The topological polar surface area (TPSA) is 43.6 Å². The number of hydrogen-bond donors (Lipinski definition) is 0. The second-order valence-corrected chi connectivity index (χ2v) is 13.7. The lowest BCUT2D eigenvalue weighted by molar-refractivity contribution is 0.664. The van der Waals surface area contributed by atoms with E-state index in [1.807, 2.05) is 60.7 Å². The maximum Gasteiger partial charge on any atom is 0.164 e. The Labute approximate surface area is 290 Å². The third-order valence-electron chi connectivity index (χ3n) is 10.4. The second-order valence-electron chi connectivity index (χ2n) is 13.7. The van der Waals surface area contributed by atoms with Gasteiger partial charge in [0.1, 0.15) is 0 Å².